The maximum absolute atomic E-state index is 10.8. The Kier molecular flexibility index (Phi) is 2.65. The van der Waals surface area contributed by atoms with Gasteiger partial charge in [0.05, 0.1) is 6.33 Å². The molecule has 1 rings (SSSR count). The lowest BCUT2D eigenvalue weighted by atomic mass is 10.2. The van der Waals surface area contributed by atoms with E-state index in [2.05, 4.69) is 4.98 Å². The Hall–Kier alpha value is -0.830. The van der Waals surface area contributed by atoms with Gasteiger partial charge in [-0.2, -0.15) is 0 Å². The SMILES string of the molecule is CCC(C(=O)Cl)n1ccnc1. The van der Waals surface area contributed by atoms with Crippen molar-refractivity contribution >= 4 is 16.8 Å². The summed E-state index contributed by atoms with van der Waals surface area (Å²) >= 11 is 5.35. The molecule has 0 fully saturated rings. The largest absolute Gasteiger partial charge is 0.326 e. The van der Waals surface area contributed by atoms with E-state index in [1.807, 2.05) is 6.92 Å². The maximum Gasteiger partial charge on any atom is 0.244 e. The fourth-order valence-corrected chi connectivity index (χ4v) is 1.21. The normalized spacial score (nSPS) is 12.9. The number of nitrogens with zero attached hydrogens (tertiary/aromatic N) is 2. The Labute approximate surface area is 70.0 Å². The van der Waals surface area contributed by atoms with Crippen molar-refractivity contribution in [3.05, 3.63) is 18.7 Å². The molecule has 60 valence electrons. The van der Waals surface area contributed by atoms with E-state index in [1.165, 1.54) is 0 Å². The fraction of sp³-hybridized carbons (Fsp3) is 0.429. The molecule has 0 saturated carbocycles. The van der Waals surface area contributed by atoms with Crippen LogP contribution in [-0.2, 0) is 4.79 Å². The Morgan fingerprint density at radius 3 is 2.91 bits per heavy atom. The van der Waals surface area contributed by atoms with Gasteiger partial charge in [-0.05, 0) is 18.0 Å². The predicted octanol–water partition coefficient (Wildman–Crippen LogP) is 1.60. The average molecular weight is 173 g/mol. The quantitative estimate of drug-likeness (QED) is 0.650. The van der Waals surface area contributed by atoms with Crippen LogP contribution in [0.1, 0.15) is 19.4 Å². The zero-order valence-electron chi connectivity index (χ0n) is 6.20. The summed E-state index contributed by atoms with van der Waals surface area (Å²) in [7, 11) is 0. The summed E-state index contributed by atoms with van der Waals surface area (Å²) < 4.78 is 1.70. The lowest BCUT2D eigenvalue weighted by Crippen LogP contribution is -2.12. The third-order valence-electron chi connectivity index (χ3n) is 1.53. The number of aromatic nitrogens is 2. The van der Waals surface area contributed by atoms with Gasteiger partial charge < -0.3 is 4.57 Å². The molecule has 1 unspecified atom stereocenters. The van der Waals surface area contributed by atoms with Crippen molar-refractivity contribution < 1.29 is 4.79 Å². The van der Waals surface area contributed by atoms with Crippen LogP contribution in [0.3, 0.4) is 0 Å². The van der Waals surface area contributed by atoms with Gasteiger partial charge in [-0.1, -0.05) is 6.92 Å². The van der Waals surface area contributed by atoms with Crippen molar-refractivity contribution in [1.29, 1.82) is 0 Å². The number of carbonyl (C=O) groups excluding carboxylic acids is 1. The highest BCUT2D eigenvalue weighted by Crippen LogP contribution is 2.13. The number of hydrogen-bond donors (Lipinski definition) is 0. The minimum atomic E-state index is -0.342. The topological polar surface area (TPSA) is 34.9 Å². The van der Waals surface area contributed by atoms with Crippen LogP contribution < -0.4 is 0 Å². The summed E-state index contributed by atoms with van der Waals surface area (Å²) in [6, 6.07) is -0.265. The van der Waals surface area contributed by atoms with E-state index in [0.29, 0.717) is 6.42 Å². The molecule has 0 N–H and O–H groups in total. The summed E-state index contributed by atoms with van der Waals surface area (Å²) in [6.45, 7) is 1.91. The van der Waals surface area contributed by atoms with E-state index in [0.717, 1.165) is 0 Å². The first kappa shape index (κ1) is 8.27. The lowest BCUT2D eigenvalue weighted by molar-refractivity contribution is -0.114. The number of halogens is 1. The monoisotopic (exact) mass is 172 g/mol. The molecule has 1 heterocycles. The third-order valence-corrected chi connectivity index (χ3v) is 1.79. The van der Waals surface area contributed by atoms with Crippen LogP contribution in [0, 0.1) is 0 Å². The molecule has 0 spiro atoms. The second-order valence-corrected chi connectivity index (χ2v) is 2.61. The highest BCUT2D eigenvalue weighted by Gasteiger charge is 2.14. The first-order valence-corrected chi connectivity index (χ1v) is 3.80. The molecule has 0 aliphatic carbocycles. The molecule has 0 aliphatic rings. The molecule has 4 heteroatoms. The van der Waals surface area contributed by atoms with Gasteiger partial charge in [0.2, 0.25) is 5.24 Å². The molecule has 0 amide bonds. The second-order valence-electron chi connectivity index (χ2n) is 2.24. The zero-order chi connectivity index (χ0) is 8.27. The molecule has 3 nitrogen and oxygen atoms in total. The van der Waals surface area contributed by atoms with Crippen molar-refractivity contribution in [2.24, 2.45) is 0 Å². The van der Waals surface area contributed by atoms with Gasteiger partial charge in [0.15, 0.2) is 0 Å². The summed E-state index contributed by atoms with van der Waals surface area (Å²) in [5.74, 6) is 0. The summed E-state index contributed by atoms with van der Waals surface area (Å²) in [5.41, 5.74) is 0. The van der Waals surface area contributed by atoms with Crippen LogP contribution in [0.15, 0.2) is 18.7 Å². The summed E-state index contributed by atoms with van der Waals surface area (Å²) in [6.07, 6.45) is 5.64. The zero-order valence-corrected chi connectivity index (χ0v) is 6.95. The van der Waals surface area contributed by atoms with Gasteiger partial charge in [-0.15, -0.1) is 0 Å². The van der Waals surface area contributed by atoms with Crippen molar-refractivity contribution in [1.82, 2.24) is 9.55 Å². The second kappa shape index (κ2) is 3.53. The first-order valence-electron chi connectivity index (χ1n) is 3.42. The Morgan fingerprint density at radius 2 is 2.55 bits per heavy atom. The molecule has 11 heavy (non-hydrogen) atoms. The fourth-order valence-electron chi connectivity index (χ4n) is 0.942. The molecule has 0 aliphatic heterocycles. The molecule has 0 aromatic carbocycles. The van der Waals surface area contributed by atoms with Gasteiger partial charge in [0.1, 0.15) is 6.04 Å². The molecular weight excluding hydrogens is 164 g/mol. The van der Waals surface area contributed by atoms with Crippen LogP contribution >= 0.6 is 11.6 Å². The molecule has 1 aromatic heterocycles. The molecule has 0 radical (unpaired) electrons. The van der Waals surface area contributed by atoms with Crippen molar-refractivity contribution in [2.45, 2.75) is 19.4 Å². The third kappa shape index (κ3) is 1.80. The summed E-state index contributed by atoms with van der Waals surface area (Å²) in [5, 5.41) is -0.342. The Bertz CT molecular complexity index is 233. The standard InChI is InChI=1S/C7H9ClN2O/c1-2-6(7(8)11)10-4-3-9-5-10/h3-6H,2H2,1H3. The maximum atomic E-state index is 10.8. The van der Waals surface area contributed by atoms with E-state index in [1.54, 1.807) is 23.3 Å². The highest BCUT2D eigenvalue weighted by atomic mass is 35.5. The van der Waals surface area contributed by atoms with Gasteiger partial charge in [0.25, 0.3) is 0 Å². The number of carbonyl (C=O) groups is 1. The molecule has 0 bridgehead atoms. The van der Waals surface area contributed by atoms with Crippen LogP contribution in [0.2, 0.25) is 0 Å². The number of hydrogen-bond acceptors (Lipinski definition) is 2. The predicted molar refractivity (Wildman–Crippen MR) is 42.4 cm³/mol. The van der Waals surface area contributed by atoms with Gasteiger partial charge in [0, 0.05) is 12.4 Å². The van der Waals surface area contributed by atoms with Crippen molar-refractivity contribution in [3.8, 4) is 0 Å². The minimum absolute atomic E-state index is 0.265. The van der Waals surface area contributed by atoms with Crippen LogP contribution in [0.25, 0.3) is 0 Å². The van der Waals surface area contributed by atoms with E-state index in [4.69, 9.17) is 11.6 Å². The van der Waals surface area contributed by atoms with Gasteiger partial charge in [-0.3, -0.25) is 4.79 Å². The Morgan fingerprint density at radius 1 is 1.82 bits per heavy atom. The molecule has 1 aromatic rings. The van der Waals surface area contributed by atoms with Crippen molar-refractivity contribution in [2.75, 3.05) is 0 Å². The van der Waals surface area contributed by atoms with E-state index < -0.39 is 0 Å². The average Bonchev–Trinajstić information content (AvgIpc) is 2.40. The minimum Gasteiger partial charge on any atom is -0.326 e. The highest BCUT2D eigenvalue weighted by molar-refractivity contribution is 6.64. The van der Waals surface area contributed by atoms with Crippen molar-refractivity contribution in [3.63, 3.8) is 0 Å². The number of rotatable bonds is 3. The van der Waals surface area contributed by atoms with Gasteiger partial charge >= 0.3 is 0 Å². The first-order chi connectivity index (χ1) is 5.25. The van der Waals surface area contributed by atoms with E-state index in [-0.39, 0.29) is 11.3 Å². The lowest BCUT2D eigenvalue weighted by Gasteiger charge is -2.09. The van der Waals surface area contributed by atoms with Gasteiger partial charge in [-0.25, -0.2) is 4.98 Å². The van der Waals surface area contributed by atoms with Crippen LogP contribution in [0.4, 0.5) is 0 Å². The van der Waals surface area contributed by atoms with E-state index >= 15 is 0 Å². The van der Waals surface area contributed by atoms with Crippen LogP contribution in [0.5, 0.6) is 0 Å². The van der Waals surface area contributed by atoms with Crippen LogP contribution in [-0.4, -0.2) is 14.8 Å². The smallest absolute Gasteiger partial charge is 0.244 e. The Balaban J connectivity index is 2.79. The summed E-state index contributed by atoms with van der Waals surface area (Å²) in [4.78, 5) is 14.6. The molecule has 0 saturated heterocycles. The number of imidazole rings is 1. The molecular formula is C7H9ClN2O. The molecule has 1 atom stereocenters. The van der Waals surface area contributed by atoms with E-state index in [9.17, 15) is 4.79 Å².